The molecule has 2 unspecified atom stereocenters. The maximum absolute atomic E-state index is 14.8. The number of nitrogens with zero attached hydrogens (tertiary/aromatic N) is 2. The van der Waals surface area contributed by atoms with Crippen LogP contribution in [0, 0.1) is 17.8 Å². The summed E-state index contributed by atoms with van der Waals surface area (Å²) in [5, 5.41) is 29.9. The van der Waals surface area contributed by atoms with Crippen LogP contribution in [0.15, 0.2) is 72.8 Å². The Bertz CT molecular complexity index is 1540. The molecular weight excluding hydrogens is 652 g/mol. The maximum atomic E-state index is 14.8. The van der Waals surface area contributed by atoms with Gasteiger partial charge in [0.05, 0.1) is 30.0 Å². The minimum Gasteiger partial charge on any atom is -0.393 e. The molecule has 0 fully saturated rings. The van der Waals surface area contributed by atoms with E-state index in [9.17, 15) is 24.6 Å². The molecule has 6 atom stereocenters. The summed E-state index contributed by atoms with van der Waals surface area (Å²) in [6.07, 6.45) is 0.935. The van der Waals surface area contributed by atoms with Crippen LogP contribution in [0.1, 0.15) is 92.6 Å². The van der Waals surface area contributed by atoms with Gasteiger partial charge < -0.3 is 20.8 Å². The quantitative estimate of drug-likeness (QED) is 0.0975. The number of benzene rings is 3. The predicted octanol–water partition coefficient (Wildman–Crippen LogP) is 6.69. The SMILES string of the molecule is CCCC[C@@H](C(=O)N[C@@H](CC(C)C)[C@@H](O)CC(CC(C)O)C(=O)NCC(C)C)N(C(=O)[C@H](C)N(C)Cc1ccccc1)c1cccc2ccccc12. The molecule has 3 aromatic carbocycles. The van der Waals surface area contributed by atoms with Crippen LogP contribution in [0.25, 0.3) is 10.8 Å². The summed E-state index contributed by atoms with van der Waals surface area (Å²) in [7, 11) is 1.92. The normalized spacial score (nSPS) is 15.2. The predicted molar refractivity (Wildman–Crippen MR) is 212 cm³/mol. The third kappa shape index (κ3) is 12.7. The number of carbonyl (C=O) groups excluding carboxylic acids is 3. The fourth-order valence-corrected chi connectivity index (χ4v) is 6.76. The van der Waals surface area contributed by atoms with Crippen molar-refractivity contribution in [3.63, 3.8) is 0 Å². The minimum atomic E-state index is -1.05. The van der Waals surface area contributed by atoms with E-state index in [-0.39, 0.29) is 42.4 Å². The van der Waals surface area contributed by atoms with Crippen molar-refractivity contribution in [3.05, 3.63) is 78.4 Å². The van der Waals surface area contributed by atoms with Crippen LogP contribution in [0.3, 0.4) is 0 Å². The number of hydrogen-bond donors (Lipinski definition) is 4. The van der Waals surface area contributed by atoms with Crippen molar-refractivity contribution >= 4 is 34.2 Å². The van der Waals surface area contributed by atoms with E-state index in [1.54, 1.807) is 11.8 Å². The molecule has 0 saturated heterocycles. The highest BCUT2D eigenvalue weighted by atomic mass is 16.3. The molecule has 3 rings (SSSR count). The molecule has 0 aromatic heterocycles. The maximum Gasteiger partial charge on any atom is 0.244 e. The summed E-state index contributed by atoms with van der Waals surface area (Å²) in [5.41, 5.74) is 1.75. The van der Waals surface area contributed by atoms with Gasteiger partial charge in [-0.25, -0.2) is 0 Å². The van der Waals surface area contributed by atoms with E-state index in [4.69, 9.17) is 0 Å². The first kappa shape index (κ1) is 42.6. The standard InChI is InChI=1S/C43H64N4O5/c1-9-10-22-39(42(51)45-37(24-29(2)3)40(49)26-35(25-31(6)48)41(50)44-27-30(4)5)47(38-23-16-20-34-19-14-15-21-36(34)38)43(52)32(7)46(8)28-33-17-12-11-13-18-33/h11-21,23,29-32,35,37,39-40,48-49H,9-10,22,24-28H2,1-8H3,(H,44,50)(H,45,51)/t31?,32-,35?,37-,39-,40-/m0/s1. The smallest absolute Gasteiger partial charge is 0.244 e. The van der Waals surface area contributed by atoms with Crippen LogP contribution < -0.4 is 15.5 Å². The number of carbonyl (C=O) groups is 3. The zero-order valence-electron chi connectivity index (χ0n) is 32.7. The van der Waals surface area contributed by atoms with Gasteiger partial charge in [0.2, 0.25) is 17.7 Å². The highest BCUT2D eigenvalue weighted by Crippen LogP contribution is 2.31. The molecule has 9 nitrogen and oxygen atoms in total. The van der Waals surface area contributed by atoms with Crippen LogP contribution in [0.2, 0.25) is 0 Å². The van der Waals surface area contributed by atoms with E-state index in [1.807, 2.05) is 119 Å². The molecule has 0 bridgehead atoms. The monoisotopic (exact) mass is 716 g/mol. The molecular formula is C43H64N4O5. The zero-order chi connectivity index (χ0) is 38.4. The van der Waals surface area contributed by atoms with Crippen LogP contribution in [0.4, 0.5) is 5.69 Å². The van der Waals surface area contributed by atoms with E-state index in [0.717, 1.165) is 22.8 Å². The Kier molecular flexibility index (Phi) is 17.3. The van der Waals surface area contributed by atoms with E-state index in [0.29, 0.717) is 38.0 Å². The molecule has 4 N–H and O–H groups in total. The summed E-state index contributed by atoms with van der Waals surface area (Å²) < 4.78 is 0. The third-order valence-electron chi connectivity index (χ3n) is 9.73. The topological polar surface area (TPSA) is 122 Å². The van der Waals surface area contributed by atoms with E-state index in [1.165, 1.54) is 0 Å². The first-order valence-electron chi connectivity index (χ1n) is 19.2. The van der Waals surface area contributed by atoms with Crippen molar-refractivity contribution in [2.75, 3.05) is 18.5 Å². The summed E-state index contributed by atoms with van der Waals surface area (Å²) in [6.45, 7) is 14.7. The number of amides is 3. The molecule has 9 heteroatoms. The fraction of sp³-hybridized carbons (Fsp3) is 0.558. The zero-order valence-corrected chi connectivity index (χ0v) is 32.7. The third-order valence-corrected chi connectivity index (χ3v) is 9.73. The Labute approximate surface area is 312 Å². The number of anilines is 1. The van der Waals surface area contributed by atoms with Crippen molar-refractivity contribution in [2.24, 2.45) is 17.8 Å². The van der Waals surface area contributed by atoms with Crippen molar-refractivity contribution in [2.45, 2.75) is 124 Å². The number of rotatable bonds is 21. The Morgan fingerprint density at radius 3 is 2.06 bits per heavy atom. The van der Waals surface area contributed by atoms with Gasteiger partial charge in [0, 0.05) is 24.4 Å². The number of fused-ring (bicyclic) bond motifs is 1. The molecule has 0 spiro atoms. The molecule has 3 amide bonds. The molecule has 3 aromatic rings. The second-order valence-corrected chi connectivity index (χ2v) is 15.4. The first-order chi connectivity index (χ1) is 24.7. The van der Waals surface area contributed by atoms with Crippen molar-refractivity contribution in [1.29, 1.82) is 0 Å². The Morgan fingerprint density at radius 1 is 0.769 bits per heavy atom. The van der Waals surface area contributed by atoms with Crippen LogP contribution in [-0.4, -0.2) is 76.8 Å². The summed E-state index contributed by atoms with van der Waals surface area (Å²) >= 11 is 0. The molecule has 0 aliphatic heterocycles. The highest BCUT2D eigenvalue weighted by Gasteiger charge is 2.37. The van der Waals surface area contributed by atoms with Crippen molar-refractivity contribution in [3.8, 4) is 0 Å². The number of nitrogens with one attached hydrogen (secondary N) is 2. The second kappa shape index (κ2) is 21.0. The fourth-order valence-electron chi connectivity index (χ4n) is 6.76. The molecule has 0 radical (unpaired) electrons. The van der Waals surface area contributed by atoms with Gasteiger partial charge in [-0.1, -0.05) is 114 Å². The van der Waals surface area contributed by atoms with Gasteiger partial charge in [0.25, 0.3) is 0 Å². The first-order valence-corrected chi connectivity index (χ1v) is 19.2. The number of likely N-dealkylation sites (N-methyl/N-ethyl adjacent to an activating group) is 1. The highest BCUT2D eigenvalue weighted by molar-refractivity contribution is 6.09. The molecule has 286 valence electrons. The number of aliphatic hydroxyl groups is 2. The molecule has 0 saturated carbocycles. The van der Waals surface area contributed by atoms with Gasteiger partial charge in [-0.2, -0.15) is 0 Å². The number of unbranched alkanes of at least 4 members (excludes halogenated alkanes) is 1. The molecule has 52 heavy (non-hydrogen) atoms. The van der Waals surface area contributed by atoms with Gasteiger partial charge in [-0.3, -0.25) is 24.2 Å². The lowest BCUT2D eigenvalue weighted by atomic mass is 9.88. The van der Waals surface area contributed by atoms with Gasteiger partial charge in [0.15, 0.2) is 0 Å². The van der Waals surface area contributed by atoms with Gasteiger partial charge in [-0.15, -0.1) is 0 Å². The van der Waals surface area contributed by atoms with E-state index in [2.05, 4.69) is 17.6 Å². The Hall–Kier alpha value is -3.79. The lowest BCUT2D eigenvalue weighted by Gasteiger charge is -2.37. The van der Waals surface area contributed by atoms with Gasteiger partial charge in [-0.05, 0) is 75.4 Å². The minimum absolute atomic E-state index is 0.0827. The average Bonchev–Trinajstić information content (AvgIpc) is 3.10. The summed E-state index contributed by atoms with van der Waals surface area (Å²) in [5.74, 6) is -1.00. The molecule has 0 aliphatic rings. The van der Waals surface area contributed by atoms with Gasteiger partial charge in [0.1, 0.15) is 6.04 Å². The number of aliphatic hydroxyl groups excluding tert-OH is 2. The Morgan fingerprint density at radius 2 is 1.42 bits per heavy atom. The van der Waals surface area contributed by atoms with Crippen molar-refractivity contribution in [1.82, 2.24) is 15.5 Å². The van der Waals surface area contributed by atoms with Crippen LogP contribution in [-0.2, 0) is 20.9 Å². The number of hydrogen-bond acceptors (Lipinski definition) is 6. The van der Waals surface area contributed by atoms with E-state index < -0.39 is 36.3 Å². The van der Waals surface area contributed by atoms with Crippen LogP contribution in [0.5, 0.6) is 0 Å². The van der Waals surface area contributed by atoms with Crippen LogP contribution >= 0.6 is 0 Å². The lowest BCUT2D eigenvalue weighted by Crippen LogP contribution is -2.57. The lowest BCUT2D eigenvalue weighted by molar-refractivity contribution is -0.130. The largest absolute Gasteiger partial charge is 0.393 e. The average molecular weight is 717 g/mol. The molecule has 0 aliphatic carbocycles. The van der Waals surface area contributed by atoms with Crippen molar-refractivity contribution < 1.29 is 24.6 Å². The second-order valence-electron chi connectivity index (χ2n) is 15.4. The van der Waals surface area contributed by atoms with Gasteiger partial charge >= 0.3 is 0 Å². The van der Waals surface area contributed by atoms with E-state index >= 15 is 0 Å². The summed E-state index contributed by atoms with van der Waals surface area (Å²) in [6, 6.07) is 21.6. The Balaban J connectivity index is 2.03. The molecule has 0 heterocycles. The summed E-state index contributed by atoms with van der Waals surface area (Å²) in [4.78, 5) is 46.5.